The Bertz CT molecular complexity index is 743. The van der Waals surface area contributed by atoms with E-state index >= 15 is 0 Å². The minimum Gasteiger partial charge on any atom is -0.334 e. The van der Waals surface area contributed by atoms with Crippen molar-refractivity contribution in [2.45, 2.75) is 24.3 Å². The van der Waals surface area contributed by atoms with Gasteiger partial charge in [0.2, 0.25) is 0 Å². The molecular formula is C13H16ClN3O3S. The van der Waals surface area contributed by atoms with Crippen molar-refractivity contribution in [3.05, 3.63) is 29.0 Å². The highest BCUT2D eigenvalue weighted by Crippen LogP contribution is 2.29. The standard InChI is InChI=1S/C13H16ClN3O3S/c1-8(15-2)6-12-16-13(20-17-12)10-7-9(21(3,18)19)4-5-11(10)14/h4-5,7-8,15H,6H2,1-3H3. The van der Waals surface area contributed by atoms with Crippen molar-refractivity contribution in [2.24, 2.45) is 0 Å². The van der Waals surface area contributed by atoms with Crippen LogP contribution in [0.3, 0.4) is 0 Å². The highest BCUT2D eigenvalue weighted by molar-refractivity contribution is 7.90. The molecule has 0 bridgehead atoms. The van der Waals surface area contributed by atoms with Gasteiger partial charge in [0.25, 0.3) is 5.89 Å². The van der Waals surface area contributed by atoms with E-state index in [1.54, 1.807) is 0 Å². The minimum atomic E-state index is -3.32. The molecule has 1 aromatic carbocycles. The summed E-state index contributed by atoms with van der Waals surface area (Å²) in [6.45, 7) is 1.99. The number of aromatic nitrogens is 2. The highest BCUT2D eigenvalue weighted by atomic mass is 35.5. The Morgan fingerprint density at radius 2 is 2.14 bits per heavy atom. The molecular weight excluding hydrogens is 314 g/mol. The Kier molecular flexibility index (Phi) is 4.65. The Balaban J connectivity index is 2.38. The molecule has 0 fully saturated rings. The van der Waals surface area contributed by atoms with E-state index in [0.717, 1.165) is 6.26 Å². The molecule has 1 unspecified atom stereocenters. The van der Waals surface area contributed by atoms with Gasteiger partial charge in [-0.2, -0.15) is 4.98 Å². The van der Waals surface area contributed by atoms with Crippen LogP contribution in [0.2, 0.25) is 5.02 Å². The zero-order chi connectivity index (χ0) is 15.6. The van der Waals surface area contributed by atoms with Crippen LogP contribution in [0.5, 0.6) is 0 Å². The van der Waals surface area contributed by atoms with E-state index in [-0.39, 0.29) is 16.8 Å². The van der Waals surface area contributed by atoms with Crippen molar-refractivity contribution in [3.8, 4) is 11.5 Å². The van der Waals surface area contributed by atoms with Crippen LogP contribution < -0.4 is 5.32 Å². The molecule has 1 atom stereocenters. The molecule has 1 N–H and O–H groups in total. The van der Waals surface area contributed by atoms with Crippen LogP contribution in [-0.4, -0.2) is 37.9 Å². The molecule has 1 aromatic heterocycles. The number of sulfone groups is 1. The second-order valence-electron chi connectivity index (χ2n) is 4.82. The highest BCUT2D eigenvalue weighted by Gasteiger charge is 2.17. The van der Waals surface area contributed by atoms with Gasteiger partial charge in [0.1, 0.15) is 0 Å². The van der Waals surface area contributed by atoms with Gasteiger partial charge < -0.3 is 9.84 Å². The maximum absolute atomic E-state index is 11.6. The Morgan fingerprint density at radius 3 is 2.76 bits per heavy atom. The fourth-order valence-electron chi connectivity index (χ4n) is 1.72. The number of likely N-dealkylation sites (N-methyl/N-ethyl adjacent to an activating group) is 1. The predicted octanol–water partition coefficient (Wildman–Crippen LogP) is 1.94. The molecule has 0 radical (unpaired) electrons. The van der Waals surface area contributed by atoms with E-state index in [4.69, 9.17) is 16.1 Å². The Hall–Kier alpha value is -1.44. The van der Waals surface area contributed by atoms with Crippen molar-refractivity contribution in [3.63, 3.8) is 0 Å². The summed E-state index contributed by atoms with van der Waals surface area (Å²) < 4.78 is 28.4. The SMILES string of the molecule is CNC(C)Cc1noc(-c2cc(S(C)(=O)=O)ccc2Cl)n1. The smallest absolute Gasteiger partial charge is 0.259 e. The van der Waals surface area contributed by atoms with Gasteiger partial charge in [0.05, 0.1) is 15.5 Å². The molecule has 0 aliphatic heterocycles. The van der Waals surface area contributed by atoms with E-state index in [2.05, 4.69) is 15.5 Å². The molecule has 21 heavy (non-hydrogen) atoms. The lowest BCUT2D eigenvalue weighted by Gasteiger charge is -2.05. The molecule has 0 spiro atoms. The quantitative estimate of drug-likeness (QED) is 0.902. The molecule has 114 valence electrons. The first-order valence-corrected chi connectivity index (χ1v) is 8.58. The van der Waals surface area contributed by atoms with Crippen LogP contribution in [-0.2, 0) is 16.3 Å². The van der Waals surface area contributed by atoms with Gasteiger partial charge in [0, 0.05) is 18.7 Å². The lowest BCUT2D eigenvalue weighted by atomic mass is 10.2. The molecule has 1 heterocycles. The molecule has 8 heteroatoms. The maximum Gasteiger partial charge on any atom is 0.259 e. The molecule has 0 amide bonds. The van der Waals surface area contributed by atoms with Crippen molar-refractivity contribution in [1.29, 1.82) is 0 Å². The molecule has 0 saturated carbocycles. The predicted molar refractivity (Wildman–Crippen MR) is 80.1 cm³/mol. The fraction of sp³-hybridized carbons (Fsp3) is 0.385. The lowest BCUT2D eigenvalue weighted by Crippen LogP contribution is -2.24. The van der Waals surface area contributed by atoms with Crippen LogP contribution in [0.4, 0.5) is 0 Å². The summed E-state index contributed by atoms with van der Waals surface area (Å²) in [6, 6.07) is 4.60. The van der Waals surface area contributed by atoms with Gasteiger partial charge in [-0.05, 0) is 32.2 Å². The second kappa shape index (κ2) is 6.13. The number of halogens is 1. The first-order chi connectivity index (χ1) is 9.81. The molecule has 2 rings (SSSR count). The Morgan fingerprint density at radius 1 is 1.43 bits per heavy atom. The summed E-state index contributed by atoms with van der Waals surface area (Å²) in [7, 11) is -1.48. The monoisotopic (exact) mass is 329 g/mol. The number of benzene rings is 1. The van der Waals surface area contributed by atoms with Crippen molar-refractivity contribution in [1.82, 2.24) is 15.5 Å². The molecule has 0 saturated heterocycles. The van der Waals surface area contributed by atoms with Crippen LogP contribution >= 0.6 is 11.6 Å². The van der Waals surface area contributed by atoms with Crippen LogP contribution in [0.15, 0.2) is 27.6 Å². The molecule has 0 aliphatic rings. The molecule has 2 aromatic rings. The average Bonchev–Trinajstić information content (AvgIpc) is 2.86. The summed E-state index contributed by atoms with van der Waals surface area (Å²) in [4.78, 5) is 4.41. The minimum absolute atomic E-state index is 0.158. The van der Waals surface area contributed by atoms with Gasteiger partial charge >= 0.3 is 0 Å². The largest absolute Gasteiger partial charge is 0.334 e. The van der Waals surface area contributed by atoms with Gasteiger partial charge in [-0.3, -0.25) is 0 Å². The Labute approximate surface area is 128 Å². The normalized spacial score (nSPS) is 13.3. The zero-order valence-corrected chi connectivity index (χ0v) is 13.5. The third-order valence-electron chi connectivity index (χ3n) is 3.05. The summed E-state index contributed by atoms with van der Waals surface area (Å²) in [5.41, 5.74) is 0.412. The van der Waals surface area contributed by atoms with E-state index in [1.165, 1.54) is 18.2 Å². The molecule has 6 nitrogen and oxygen atoms in total. The third kappa shape index (κ3) is 3.81. The number of nitrogens with zero attached hydrogens (tertiary/aromatic N) is 2. The maximum atomic E-state index is 11.6. The van der Waals surface area contributed by atoms with Crippen molar-refractivity contribution >= 4 is 21.4 Å². The number of hydrogen-bond acceptors (Lipinski definition) is 6. The zero-order valence-electron chi connectivity index (χ0n) is 11.9. The summed E-state index contributed by atoms with van der Waals surface area (Å²) >= 11 is 6.09. The lowest BCUT2D eigenvalue weighted by molar-refractivity contribution is 0.418. The van der Waals surface area contributed by atoms with E-state index in [9.17, 15) is 8.42 Å². The summed E-state index contributed by atoms with van der Waals surface area (Å²) in [5, 5.41) is 7.32. The van der Waals surface area contributed by atoms with E-state index < -0.39 is 9.84 Å². The third-order valence-corrected chi connectivity index (χ3v) is 4.49. The molecule has 0 aliphatic carbocycles. The average molecular weight is 330 g/mol. The van der Waals surface area contributed by atoms with Gasteiger partial charge in [0.15, 0.2) is 15.7 Å². The number of rotatable bonds is 5. The van der Waals surface area contributed by atoms with Crippen molar-refractivity contribution in [2.75, 3.05) is 13.3 Å². The topological polar surface area (TPSA) is 85.1 Å². The summed E-state index contributed by atoms with van der Waals surface area (Å²) in [6.07, 6.45) is 1.73. The van der Waals surface area contributed by atoms with Crippen LogP contribution in [0, 0.1) is 0 Å². The van der Waals surface area contributed by atoms with Gasteiger partial charge in [-0.15, -0.1) is 0 Å². The first kappa shape index (κ1) is 15.9. The second-order valence-corrected chi connectivity index (χ2v) is 7.25. The van der Waals surface area contributed by atoms with Gasteiger partial charge in [-0.25, -0.2) is 8.42 Å². The van der Waals surface area contributed by atoms with E-state index in [1.807, 2.05) is 14.0 Å². The van der Waals surface area contributed by atoms with Gasteiger partial charge in [-0.1, -0.05) is 16.8 Å². The van der Waals surface area contributed by atoms with Crippen LogP contribution in [0.1, 0.15) is 12.7 Å². The number of hydrogen-bond donors (Lipinski definition) is 1. The fourth-order valence-corrected chi connectivity index (χ4v) is 2.57. The van der Waals surface area contributed by atoms with Crippen molar-refractivity contribution < 1.29 is 12.9 Å². The van der Waals surface area contributed by atoms with E-state index in [0.29, 0.717) is 22.8 Å². The van der Waals surface area contributed by atoms with Crippen LogP contribution in [0.25, 0.3) is 11.5 Å². The summed E-state index contributed by atoms with van der Waals surface area (Å²) in [5.74, 6) is 0.747. The first-order valence-electron chi connectivity index (χ1n) is 6.31. The number of nitrogens with one attached hydrogen (secondary N) is 1.